The summed E-state index contributed by atoms with van der Waals surface area (Å²) in [5, 5.41) is 0. The molecule has 1 heterocycles. The van der Waals surface area contributed by atoms with Crippen molar-refractivity contribution in [2.24, 2.45) is 0 Å². The van der Waals surface area contributed by atoms with E-state index in [1.54, 1.807) is 26.0 Å². The molecular formula is C19H28N2O4S. The normalized spacial score (nSPS) is 20.5. The van der Waals surface area contributed by atoms with Gasteiger partial charge in [-0.05, 0) is 44.9 Å². The number of ether oxygens (including phenoxy) is 1. The molecule has 2 fully saturated rings. The summed E-state index contributed by atoms with van der Waals surface area (Å²) in [6.45, 7) is 5.21. The lowest BCUT2D eigenvalue weighted by atomic mass is 9.83. The van der Waals surface area contributed by atoms with Crippen LogP contribution in [0.1, 0.15) is 56.3 Å². The van der Waals surface area contributed by atoms with Gasteiger partial charge in [-0.1, -0.05) is 25.3 Å². The second kappa shape index (κ2) is 7.66. The number of hydrogen-bond donors (Lipinski definition) is 1. The van der Waals surface area contributed by atoms with Gasteiger partial charge < -0.3 is 9.64 Å². The van der Waals surface area contributed by atoms with E-state index in [2.05, 4.69) is 4.72 Å². The van der Waals surface area contributed by atoms with Crippen molar-refractivity contribution in [3.63, 3.8) is 0 Å². The maximum Gasteiger partial charge on any atom is 0.254 e. The van der Waals surface area contributed by atoms with Gasteiger partial charge in [0.05, 0.1) is 23.6 Å². The molecule has 1 saturated carbocycles. The molecule has 1 amide bonds. The van der Waals surface area contributed by atoms with Crippen molar-refractivity contribution in [3.8, 4) is 0 Å². The van der Waals surface area contributed by atoms with Crippen LogP contribution in [0.5, 0.6) is 0 Å². The first-order chi connectivity index (χ1) is 12.3. The van der Waals surface area contributed by atoms with Gasteiger partial charge in [0.25, 0.3) is 5.91 Å². The molecule has 0 atom stereocenters. The maximum absolute atomic E-state index is 13.0. The Morgan fingerprint density at radius 3 is 2.65 bits per heavy atom. The smallest absolute Gasteiger partial charge is 0.254 e. The molecule has 0 bridgehead atoms. The van der Waals surface area contributed by atoms with Crippen molar-refractivity contribution in [3.05, 3.63) is 29.8 Å². The zero-order chi connectivity index (χ0) is 18.8. The molecule has 7 heteroatoms. The largest absolute Gasteiger partial charge is 0.371 e. The Labute approximate surface area is 156 Å². The molecule has 26 heavy (non-hydrogen) atoms. The fourth-order valence-electron chi connectivity index (χ4n) is 3.87. The zero-order valence-electron chi connectivity index (χ0n) is 15.5. The first-order valence-corrected chi connectivity index (χ1v) is 10.9. The Morgan fingerprint density at radius 2 is 1.96 bits per heavy atom. The number of benzene rings is 1. The number of sulfonamides is 1. The van der Waals surface area contributed by atoms with E-state index in [9.17, 15) is 13.2 Å². The molecule has 1 spiro atoms. The van der Waals surface area contributed by atoms with Gasteiger partial charge in [-0.25, -0.2) is 13.1 Å². The molecule has 1 aromatic rings. The predicted molar refractivity (Wildman–Crippen MR) is 99.6 cm³/mol. The van der Waals surface area contributed by atoms with Crippen LogP contribution < -0.4 is 4.72 Å². The maximum atomic E-state index is 13.0. The van der Waals surface area contributed by atoms with Gasteiger partial charge in [0.2, 0.25) is 10.0 Å². The molecular weight excluding hydrogens is 352 g/mol. The van der Waals surface area contributed by atoms with Crippen LogP contribution in [0.3, 0.4) is 0 Å². The third-order valence-corrected chi connectivity index (χ3v) is 6.74. The van der Waals surface area contributed by atoms with Crippen LogP contribution in [0, 0.1) is 0 Å². The average molecular weight is 381 g/mol. The van der Waals surface area contributed by atoms with Gasteiger partial charge in [0.15, 0.2) is 0 Å². The van der Waals surface area contributed by atoms with E-state index < -0.39 is 10.0 Å². The predicted octanol–water partition coefficient (Wildman–Crippen LogP) is 2.55. The summed E-state index contributed by atoms with van der Waals surface area (Å²) < 4.78 is 33.4. The van der Waals surface area contributed by atoms with Crippen LogP contribution in [-0.2, 0) is 14.8 Å². The lowest BCUT2D eigenvalue weighted by molar-refractivity contribution is -0.117. The first kappa shape index (κ1) is 19.3. The summed E-state index contributed by atoms with van der Waals surface area (Å²) in [7, 11) is -3.62. The van der Waals surface area contributed by atoms with Crippen molar-refractivity contribution in [1.29, 1.82) is 0 Å². The fourth-order valence-corrected chi connectivity index (χ4v) is 5.17. The van der Waals surface area contributed by atoms with Crippen LogP contribution in [0.15, 0.2) is 29.2 Å². The van der Waals surface area contributed by atoms with Gasteiger partial charge >= 0.3 is 0 Å². The Kier molecular flexibility index (Phi) is 5.69. The highest BCUT2D eigenvalue weighted by atomic mass is 32.2. The Balaban J connectivity index is 1.78. The van der Waals surface area contributed by atoms with Gasteiger partial charge in [0, 0.05) is 18.2 Å². The number of nitrogens with zero attached hydrogens (tertiary/aromatic N) is 1. The first-order valence-electron chi connectivity index (χ1n) is 9.37. The van der Waals surface area contributed by atoms with Crippen molar-refractivity contribution in [2.75, 3.05) is 19.7 Å². The highest BCUT2D eigenvalue weighted by Crippen LogP contribution is 2.34. The van der Waals surface area contributed by atoms with E-state index in [0.717, 1.165) is 25.7 Å². The summed E-state index contributed by atoms with van der Waals surface area (Å²) in [4.78, 5) is 14.9. The number of morpholine rings is 1. The molecule has 0 aromatic heterocycles. The number of rotatable bonds is 4. The molecule has 0 radical (unpaired) electrons. The van der Waals surface area contributed by atoms with E-state index in [4.69, 9.17) is 4.74 Å². The van der Waals surface area contributed by atoms with E-state index in [1.807, 2.05) is 4.90 Å². The van der Waals surface area contributed by atoms with Crippen LogP contribution in [0.4, 0.5) is 0 Å². The topological polar surface area (TPSA) is 75.7 Å². The lowest BCUT2D eigenvalue weighted by Gasteiger charge is -2.45. The fraction of sp³-hybridized carbons (Fsp3) is 0.632. The minimum absolute atomic E-state index is 0.123. The van der Waals surface area contributed by atoms with Crippen molar-refractivity contribution in [2.45, 2.75) is 62.5 Å². The summed E-state index contributed by atoms with van der Waals surface area (Å²) >= 11 is 0. The number of nitrogens with one attached hydrogen (secondary N) is 1. The minimum Gasteiger partial charge on any atom is -0.371 e. The second-order valence-electron chi connectivity index (χ2n) is 7.62. The zero-order valence-corrected chi connectivity index (χ0v) is 16.3. The van der Waals surface area contributed by atoms with E-state index in [0.29, 0.717) is 25.3 Å². The molecule has 1 aromatic carbocycles. The van der Waals surface area contributed by atoms with Crippen LogP contribution in [0.2, 0.25) is 0 Å². The van der Waals surface area contributed by atoms with E-state index in [1.165, 1.54) is 18.6 Å². The quantitative estimate of drug-likeness (QED) is 0.871. The Morgan fingerprint density at radius 1 is 1.23 bits per heavy atom. The molecule has 6 nitrogen and oxygen atoms in total. The number of carbonyl (C=O) groups is 1. The van der Waals surface area contributed by atoms with Gasteiger partial charge in [-0.15, -0.1) is 0 Å². The van der Waals surface area contributed by atoms with Gasteiger partial charge in [-0.2, -0.15) is 0 Å². The highest BCUT2D eigenvalue weighted by molar-refractivity contribution is 7.89. The highest BCUT2D eigenvalue weighted by Gasteiger charge is 2.39. The van der Waals surface area contributed by atoms with Crippen LogP contribution in [-0.4, -0.2) is 50.6 Å². The monoisotopic (exact) mass is 380 g/mol. The lowest BCUT2D eigenvalue weighted by Crippen LogP contribution is -2.54. The summed E-state index contributed by atoms with van der Waals surface area (Å²) in [6.07, 6.45) is 5.47. The van der Waals surface area contributed by atoms with Gasteiger partial charge in [0.1, 0.15) is 0 Å². The molecule has 144 valence electrons. The van der Waals surface area contributed by atoms with Crippen LogP contribution >= 0.6 is 0 Å². The second-order valence-corrected chi connectivity index (χ2v) is 9.34. The Hall–Kier alpha value is -1.44. The molecule has 1 aliphatic carbocycles. The average Bonchev–Trinajstić information content (AvgIpc) is 2.61. The van der Waals surface area contributed by atoms with E-state index >= 15 is 0 Å². The molecule has 3 rings (SSSR count). The third-order valence-electron chi connectivity index (χ3n) is 5.08. The summed E-state index contributed by atoms with van der Waals surface area (Å²) in [6, 6.07) is 6.09. The Bertz CT molecular complexity index is 749. The SMILES string of the molecule is CC(C)NS(=O)(=O)c1cccc(C(=O)N2CCOC3(CCCCC3)C2)c1. The summed E-state index contributed by atoms with van der Waals surface area (Å²) in [5.74, 6) is -0.125. The molecule has 1 N–H and O–H groups in total. The van der Waals surface area contributed by atoms with Gasteiger partial charge in [-0.3, -0.25) is 4.79 Å². The molecule has 1 aliphatic heterocycles. The van der Waals surface area contributed by atoms with Crippen molar-refractivity contribution < 1.29 is 17.9 Å². The minimum atomic E-state index is -3.62. The van der Waals surface area contributed by atoms with E-state index in [-0.39, 0.29) is 22.4 Å². The number of carbonyl (C=O) groups excluding carboxylic acids is 1. The van der Waals surface area contributed by atoms with Crippen molar-refractivity contribution >= 4 is 15.9 Å². The standard InChI is InChI=1S/C19H28N2O4S/c1-15(2)20-26(23,24)17-8-6-7-16(13-17)18(22)21-11-12-25-19(14-21)9-4-3-5-10-19/h6-8,13,15,20H,3-5,9-12,14H2,1-2H3. The summed E-state index contributed by atoms with van der Waals surface area (Å²) in [5.41, 5.74) is 0.194. The third kappa shape index (κ3) is 4.27. The number of hydrogen-bond acceptors (Lipinski definition) is 4. The van der Waals surface area contributed by atoms with Crippen LogP contribution in [0.25, 0.3) is 0 Å². The molecule has 1 saturated heterocycles. The molecule has 2 aliphatic rings. The van der Waals surface area contributed by atoms with Crippen molar-refractivity contribution in [1.82, 2.24) is 9.62 Å². The number of amides is 1. The molecule has 0 unspecified atom stereocenters.